The Hall–Kier alpha value is -3.82. The van der Waals surface area contributed by atoms with Crippen LogP contribution < -0.4 is 5.43 Å². The number of carbonyl (C=O) groups excluding carboxylic acids is 2. The Kier molecular flexibility index (Phi) is 6.99. The summed E-state index contributed by atoms with van der Waals surface area (Å²) in [6.07, 6.45) is -5.12. The summed E-state index contributed by atoms with van der Waals surface area (Å²) in [5.74, 6) is -1.78. The summed E-state index contributed by atoms with van der Waals surface area (Å²) >= 11 is 0. The lowest BCUT2D eigenvalue weighted by Crippen LogP contribution is -2.23. The van der Waals surface area contributed by atoms with Crippen molar-refractivity contribution in [3.8, 4) is 11.6 Å². The van der Waals surface area contributed by atoms with Crippen LogP contribution in [0, 0.1) is 13.8 Å². The third-order valence-corrected chi connectivity index (χ3v) is 5.06. The Morgan fingerprint density at radius 2 is 1.76 bits per heavy atom. The van der Waals surface area contributed by atoms with Crippen molar-refractivity contribution in [3.05, 3.63) is 58.7 Å². The maximum Gasteiger partial charge on any atom is 0.416 e. The standard InChI is InChI=1S/C24H24F3N3O4/c1-5-34-21(32)12-20(31)29-28-15(4)22-18-7-6-16(24(25,26)27)11-19(18)30(23(22)33)17-9-13(2)8-14(3)10-17/h6-11,33H,5,12H2,1-4H3,(H,29,31)/b28-15+. The van der Waals surface area contributed by atoms with E-state index in [1.807, 2.05) is 19.9 Å². The van der Waals surface area contributed by atoms with Crippen molar-refractivity contribution in [1.29, 1.82) is 0 Å². The molecular formula is C24H24F3N3O4. The van der Waals surface area contributed by atoms with Crippen molar-refractivity contribution >= 4 is 28.5 Å². The number of aromatic hydroxyl groups is 1. The number of esters is 1. The summed E-state index contributed by atoms with van der Waals surface area (Å²) in [5.41, 5.74) is 3.96. The molecule has 180 valence electrons. The smallest absolute Gasteiger partial charge is 0.416 e. The third-order valence-electron chi connectivity index (χ3n) is 5.06. The van der Waals surface area contributed by atoms with Gasteiger partial charge in [-0.3, -0.25) is 14.2 Å². The van der Waals surface area contributed by atoms with E-state index in [-0.39, 0.29) is 29.3 Å². The third kappa shape index (κ3) is 5.22. The minimum absolute atomic E-state index is 0.125. The van der Waals surface area contributed by atoms with Crippen LogP contribution in [-0.4, -0.2) is 33.9 Å². The molecule has 0 aliphatic heterocycles. The number of carbonyl (C=O) groups is 2. The topological polar surface area (TPSA) is 92.9 Å². The summed E-state index contributed by atoms with van der Waals surface area (Å²) in [7, 11) is 0. The number of alkyl halides is 3. The average Bonchev–Trinajstić information content (AvgIpc) is 3.01. The Morgan fingerprint density at radius 1 is 1.12 bits per heavy atom. The summed E-state index contributed by atoms with van der Waals surface area (Å²) < 4.78 is 46.3. The van der Waals surface area contributed by atoms with Crippen LogP contribution in [0.1, 0.15) is 42.5 Å². The highest BCUT2D eigenvalue weighted by atomic mass is 19.4. The fourth-order valence-corrected chi connectivity index (χ4v) is 3.73. The van der Waals surface area contributed by atoms with Gasteiger partial charge in [0, 0.05) is 11.1 Å². The molecule has 0 bridgehead atoms. The SMILES string of the molecule is CCOC(=O)CC(=O)N/N=C(\C)c1c(O)n(-c2cc(C)cc(C)c2)c2cc(C(F)(F)F)ccc12. The first kappa shape index (κ1) is 24.8. The second-order valence-corrected chi connectivity index (χ2v) is 7.82. The van der Waals surface area contributed by atoms with Crippen LogP contribution in [0.25, 0.3) is 16.6 Å². The molecular weight excluding hydrogens is 451 g/mol. The fraction of sp³-hybridized carbons (Fsp3) is 0.292. The zero-order valence-electron chi connectivity index (χ0n) is 19.1. The number of aromatic nitrogens is 1. The zero-order valence-corrected chi connectivity index (χ0v) is 19.1. The molecule has 34 heavy (non-hydrogen) atoms. The first-order valence-electron chi connectivity index (χ1n) is 10.4. The number of rotatable bonds is 6. The Morgan fingerprint density at radius 3 is 2.35 bits per heavy atom. The van der Waals surface area contributed by atoms with Gasteiger partial charge in [0.05, 0.1) is 29.0 Å². The number of halogens is 3. The molecule has 1 amide bonds. The molecule has 3 aromatic rings. The van der Waals surface area contributed by atoms with Crippen LogP contribution in [0.4, 0.5) is 13.2 Å². The first-order valence-corrected chi connectivity index (χ1v) is 10.4. The number of hydrogen-bond acceptors (Lipinski definition) is 5. The molecule has 0 unspecified atom stereocenters. The molecule has 0 atom stereocenters. The molecule has 7 nitrogen and oxygen atoms in total. The van der Waals surface area contributed by atoms with E-state index < -0.39 is 30.0 Å². The molecule has 0 radical (unpaired) electrons. The van der Waals surface area contributed by atoms with Crippen molar-refractivity contribution in [1.82, 2.24) is 9.99 Å². The molecule has 1 heterocycles. The molecule has 1 aromatic heterocycles. The molecule has 3 rings (SSSR count). The normalized spacial score (nSPS) is 12.1. The Balaban J connectivity index is 2.14. The van der Waals surface area contributed by atoms with Gasteiger partial charge in [-0.05, 0) is 63.1 Å². The number of ether oxygens (including phenoxy) is 1. The van der Waals surface area contributed by atoms with Crippen LogP contribution in [0.3, 0.4) is 0 Å². The number of nitrogens with zero attached hydrogens (tertiary/aromatic N) is 2. The first-order chi connectivity index (χ1) is 15.9. The summed E-state index contributed by atoms with van der Waals surface area (Å²) in [4.78, 5) is 23.4. The van der Waals surface area contributed by atoms with Crippen LogP contribution in [0.2, 0.25) is 0 Å². The van der Waals surface area contributed by atoms with Crippen molar-refractivity contribution in [3.63, 3.8) is 0 Å². The average molecular weight is 475 g/mol. The number of nitrogens with one attached hydrogen (secondary N) is 1. The lowest BCUT2D eigenvalue weighted by atomic mass is 10.1. The maximum absolute atomic E-state index is 13.4. The Labute approximate surface area is 193 Å². The van der Waals surface area contributed by atoms with Gasteiger partial charge in [0.1, 0.15) is 6.42 Å². The van der Waals surface area contributed by atoms with Gasteiger partial charge in [0.25, 0.3) is 5.91 Å². The van der Waals surface area contributed by atoms with Crippen molar-refractivity contribution in [2.45, 2.75) is 40.3 Å². The minimum atomic E-state index is -4.58. The molecule has 10 heteroatoms. The highest BCUT2D eigenvalue weighted by Crippen LogP contribution is 2.39. The fourth-order valence-electron chi connectivity index (χ4n) is 3.73. The maximum atomic E-state index is 13.4. The van der Waals surface area contributed by atoms with Gasteiger partial charge < -0.3 is 9.84 Å². The van der Waals surface area contributed by atoms with E-state index in [1.165, 1.54) is 17.6 Å². The second kappa shape index (κ2) is 9.58. The molecule has 0 saturated carbocycles. The van der Waals surface area contributed by atoms with E-state index in [1.54, 1.807) is 19.1 Å². The Bertz CT molecular complexity index is 1270. The molecule has 2 aromatic carbocycles. The van der Waals surface area contributed by atoms with Crippen LogP contribution in [0.5, 0.6) is 5.88 Å². The van der Waals surface area contributed by atoms with Crippen molar-refractivity contribution < 1.29 is 32.6 Å². The number of benzene rings is 2. The van der Waals surface area contributed by atoms with Crippen molar-refractivity contribution in [2.75, 3.05) is 6.61 Å². The van der Waals surface area contributed by atoms with E-state index >= 15 is 0 Å². The molecule has 0 aliphatic rings. The van der Waals surface area contributed by atoms with E-state index in [4.69, 9.17) is 4.74 Å². The number of aryl methyl sites for hydroxylation is 2. The monoisotopic (exact) mass is 475 g/mol. The highest BCUT2D eigenvalue weighted by Gasteiger charge is 2.32. The summed E-state index contributed by atoms with van der Waals surface area (Å²) in [6, 6.07) is 8.52. The van der Waals surface area contributed by atoms with E-state index in [0.717, 1.165) is 23.3 Å². The summed E-state index contributed by atoms with van der Waals surface area (Å²) in [6.45, 7) is 6.90. The van der Waals surface area contributed by atoms with Gasteiger partial charge in [-0.1, -0.05) is 12.1 Å². The quantitative estimate of drug-likeness (QED) is 0.233. The van der Waals surface area contributed by atoms with Gasteiger partial charge in [-0.2, -0.15) is 18.3 Å². The number of fused-ring (bicyclic) bond motifs is 1. The predicted molar refractivity (Wildman–Crippen MR) is 121 cm³/mol. The van der Waals surface area contributed by atoms with Gasteiger partial charge in [0.15, 0.2) is 0 Å². The summed E-state index contributed by atoms with van der Waals surface area (Å²) in [5, 5.41) is 15.4. The molecule has 0 fully saturated rings. The van der Waals surface area contributed by atoms with Crippen LogP contribution in [0.15, 0.2) is 41.5 Å². The second-order valence-electron chi connectivity index (χ2n) is 7.82. The van der Waals surface area contributed by atoms with Gasteiger partial charge >= 0.3 is 12.1 Å². The van der Waals surface area contributed by atoms with E-state index in [9.17, 15) is 27.9 Å². The number of hydrogen-bond donors (Lipinski definition) is 2. The molecule has 2 N–H and O–H groups in total. The van der Waals surface area contributed by atoms with Crippen LogP contribution in [-0.2, 0) is 20.5 Å². The number of amides is 1. The number of hydrazone groups is 1. The van der Waals surface area contributed by atoms with Crippen LogP contribution >= 0.6 is 0 Å². The predicted octanol–water partition coefficient (Wildman–Crippen LogP) is 4.77. The van der Waals surface area contributed by atoms with Gasteiger partial charge in [-0.15, -0.1) is 0 Å². The molecule has 0 spiro atoms. The van der Waals surface area contributed by atoms with Crippen molar-refractivity contribution in [2.24, 2.45) is 5.10 Å². The lowest BCUT2D eigenvalue weighted by Gasteiger charge is -2.11. The zero-order chi connectivity index (χ0) is 25.2. The lowest BCUT2D eigenvalue weighted by molar-refractivity contribution is -0.146. The van der Waals surface area contributed by atoms with Gasteiger partial charge in [-0.25, -0.2) is 5.43 Å². The largest absolute Gasteiger partial charge is 0.494 e. The highest BCUT2D eigenvalue weighted by molar-refractivity contribution is 6.13. The van der Waals surface area contributed by atoms with E-state index in [2.05, 4.69) is 10.5 Å². The van der Waals surface area contributed by atoms with Gasteiger partial charge in [0.2, 0.25) is 5.88 Å². The molecule has 0 saturated heterocycles. The van der Waals surface area contributed by atoms with E-state index in [0.29, 0.717) is 11.1 Å². The molecule has 0 aliphatic carbocycles. The minimum Gasteiger partial charge on any atom is -0.494 e.